The highest BCUT2D eigenvalue weighted by Gasteiger charge is 2.28. The average Bonchev–Trinajstić information content (AvgIpc) is 3.57. The molecule has 0 aliphatic heterocycles. The second kappa shape index (κ2) is 12.1. The van der Waals surface area contributed by atoms with E-state index in [0.29, 0.717) is 11.4 Å². The monoisotopic (exact) mass is 720 g/mol. The van der Waals surface area contributed by atoms with E-state index in [4.69, 9.17) is 0 Å². The number of fused-ring (bicyclic) bond motifs is 6. The van der Waals surface area contributed by atoms with Gasteiger partial charge in [-0.2, -0.15) is 0 Å². The van der Waals surface area contributed by atoms with Crippen molar-refractivity contribution >= 4 is 55.6 Å². The van der Waals surface area contributed by atoms with E-state index in [2.05, 4.69) is 156 Å². The number of nitrogens with zero attached hydrogens (tertiary/aromatic N) is 2. The minimum Gasteiger partial charge on any atom is -0.478 e. The van der Waals surface area contributed by atoms with E-state index >= 15 is 0 Å². The third kappa shape index (κ3) is 6.06. The highest BCUT2D eigenvalue weighted by molar-refractivity contribution is 6.13. The highest BCUT2D eigenvalue weighted by Crippen LogP contribution is 2.42. The molecule has 0 amide bonds. The first-order valence-electron chi connectivity index (χ1n) is 18.8. The number of aromatic carboxylic acids is 2. The summed E-state index contributed by atoms with van der Waals surface area (Å²) in [6.07, 6.45) is 0. The van der Waals surface area contributed by atoms with E-state index in [0.717, 1.165) is 43.6 Å². The largest absolute Gasteiger partial charge is 0.478 e. The van der Waals surface area contributed by atoms with Gasteiger partial charge in [-0.1, -0.05) is 107 Å². The van der Waals surface area contributed by atoms with Crippen LogP contribution in [0, 0.1) is 0 Å². The summed E-state index contributed by atoms with van der Waals surface area (Å²) in [5.74, 6) is -2.39. The molecule has 2 heterocycles. The van der Waals surface area contributed by atoms with Gasteiger partial charge in [-0.3, -0.25) is 0 Å². The number of benzene rings is 5. The zero-order chi connectivity index (χ0) is 39.4. The van der Waals surface area contributed by atoms with Gasteiger partial charge in [-0.15, -0.1) is 0 Å². The Hall–Kier alpha value is -5.36. The first-order chi connectivity index (χ1) is 25.0. The van der Waals surface area contributed by atoms with E-state index in [1.54, 1.807) is 6.07 Å². The lowest BCUT2D eigenvalue weighted by Gasteiger charge is -2.20. The summed E-state index contributed by atoms with van der Waals surface area (Å²) in [5, 5.41) is 25.6. The van der Waals surface area contributed by atoms with Gasteiger partial charge in [0.05, 0.1) is 44.6 Å². The van der Waals surface area contributed by atoms with Crippen LogP contribution in [-0.4, -0.2) is 31.3 Å². The van der Waals surface area contributed by atoms with E-state index in [9.17, 15) is 19.8 Å². The standard InChI is InChI=1S/C48H52N2O4/c1-45(2,3)27-13-17-37-31(21-27)32-22-28(46(4,5)6)14-18-38(32)49(37)41-26-42(36(44(53)54)25-35(41)43(51)52)50-39-19-15-29(47(7,8)9)23-33(39)34-24-30(48(10,11)12)16-20-40(34)50/h13-26H,1-12H3,(H,51,52)(H,53,54). The maximum atomic E-state index is 13.2. The topological polar surface area (TPSA) is 84.5 Å². The van der Waals surface area contributed by atoms with Crippen LogP contribution in [0.25, 0.3) is 55.0 Å². The maximum absolute atomic E-state index is 13.2. The Labute approximate surface area is 318 Å². The minimum atomic E-state index is -1.20. The molecule has 7 rings (SSSR count). The van der Waals surface area contributed by atoms with E-state index < -0.39 is 11.9 Å². The molecular weight excluding hydrogens is 669 g/mol. The van der Waals surface area contributed by atoms with Crippen molar-refractivity contribution in [2.24, 2.45) is 0 Å². The summed E-state index contributed by atoms with van der Waals surface area (Å²) in [4.78, 5) is 26.4. The summed E-state index contributed by atoms with van der Waals surface area (Å²) < 4.78 is 4.01. The Morgan fingerprint density at radius 1 is 0.389 bits per heavy atom. The zero-order valence-electron chi connectivity index (χ0n) is 33.7. The summed E-state index contributed by atoms with van der Waals surface area (Å²) in [6.45, 7) is 26.3. The molecule has 54 heavy (non-hydrogen) atoms. The maximum Gasteiger partial charge on any atom is 0.337 e. The van der Waals surface area contributed by atoms with Crippen LogP contribution < -0.4 is 0 Å². The van der Waals surface area contributed by atoms with Crippen molar-refractivity contribution in [1.29, 1.82) is 0 Å². The fourth-order valence-corrected chi connectivity index (χ4v) is 7.72. The number of carboxylic acid groups (broad SMARTS) is 2. The third-order valence-electron chi connectivity index (χ3n) is 11.1. The van der Waals surface area contributed by atoms with Crippen molar-refractivity contribution < 1.29 is 19.8 Å². The van der Waals surface area contributed by atoms with Crippen LogP contribution in [0.2, 0.25) is 0 Å². The normalized spacial score (nSPS) is 13.1. The molecule has 6 nitrogen and oxygen atoms in total. The summed E-state index contributed by atoms with van der Waals surface area (Å²) in [5.41, 5.74) is 8.31. The van der Waals surface area contributed by atoms with Crippen LogP contribution in [0.15, 0.2) is 84.9 Å². The van der Waals surface area contributed by atoms with E-state index in [-0.39, 0.29) is 32.8 Å². The summed E-state index contributed by atoms with van der Waals surface area (Å²) >= 11 is 0. The first kappa shape index (κ1) is 37.0. The van der Waals surface area contributed by atoms with E-state index in [1.807, 2.05) is 9.13 Å². The van der Waals surface area contributed by atoms with E-state index in [1.165, 1.54) is 28.3 Å². The van der Waals surface area contributed by atoms with Gasteiger partial charge < -0.3 is 19.3 Å². The van der Waals surface area contributed by atoms with Crippen LogP contribution in [0.1, 0.15) is 126 Å². The molecule has 0 spiro atoms. The van der Waals surface area contributed by atoms with Gasteiger partial charge in [0.25, 0.3) is 0 Å². The zero-order valence-corrected chi connectivity index (χ0v) is 33.7. The number of hydrogen-bond acceptors (Lipinski definition) is 2. The number of carbonyl (C=O) groups is 2. The molecule has 2 aromatic heterocycles. The number of rotatable bonds is 4. The van der Waals surface area contributed by atoms with Crippen LogP contribution in [0.3, 0.4) is 0 Å². The number of hydrogen-bond donors (Lipinski definition) is 2. The van der Waals surface area contributed by atoms with Gasteiger partial charge in [0.15, 0.2) is 0 Å². The highest BCUT2D eigenvalue weighted by atomic mass is 16.4. The van der Waals surface area contributed by atoms with Crippen molar-refractivity contribution in [1.82, 2.24) is 9.13 Å². The molecule has 0 saturated heterocycles. The van der Waals surface area contributed by atoms with Crippen LogP contribution in [-0.2, 0) is 21.7 Å². The van der Waals surface area contributed by atoms with Crippen LogP contribution in [0.5, 0.6) is 0 Å². The predicted octanol–water partition coefficient (Wildman–Crippen LogP) is 12.5. The molecule has 278 valence electrons. The molecule has 2 N–H and O–H groups in total. The van der Waals surface area contributed by atoms with Crippen molar-refractivity contribution in [3.63, 3.8) is 0 Å². The smallest absolute Gasteiger partial charge is 0.337 e. The Balaban J connectivity index is 1.65. The van der Waals surface area contributed by atoms with Gasteiger partial charge in [0.1, 0.15) is 0 Å². The molecule has 0 saturated carbocycles. The molecule has 5 aromatic carbocycles. The van der Waals surface area contributed by atoms with Crippen molar-refractivity contribution in [3.05, 3.63) is 118 Å². The summed E-state index contributed by atoms with van der Waals surface area (Å²) in [7, 11) is 0. The first-order valence-corrected chi connectivity index (χ1v) is 18.8. The molecule has 6 heteroatoms. The minimum absolute atomic E-state index is 0.0828. The lowest BCUT2D eigenvalue weighted by atomic mass is 9.85. The lowest BCUT2D eigenvalue weighted by molar-refractivity contribution is 0.0696. The van der Waals surface area contributed by atoms with Crippen molar-refractivity contribution in [3.8, 4) is 11.4 Å². The molecule has 0 aliphatic rings. The molecule has 0 fully saturated rings. The Bertz CT molecular complexity index is 2370. The third-order valence-corrected chi connectivity index (χ3v) is 11.1. The molecule has 0 aliphatic carbocycles. The average molecular weight is 721 g/mol. The number of carboxylic acids is 2. The second-order valence-corrected chi connectivity index (χ2v) is 19.1. The Morgan fingerprint density at radius 3 is 0.833 bits per heavy atom. The Kier molecular flexibility index (Phi) is 8.27. The van der Waals surface area contributed by atoms with Gasteiger partial charge in [-0.05, 0) is 105 Å². The van der Waals surface area contributed by atoms with Gasteiger partial charge in [0, 0.05) is 21.5 Å². The van der Waals surface area contributed by atoms with Gasteiger partial charge in [-0.25, -0.2) is 9.59 Å². The van der Waals surface area contributed by atoms with Crippen molar-refractivity contribution in [2.45, 2.75) is 105 Å². The SMILES string of the molecule is CC(C)(C)c1ccc2c(c1)c1cc(C(C)(C)C)ccc1n2-c1cc(-n2c3ccc(C(C)(C)C)cc3c3cc(C(C)(C)C)ccc32)c(C(=O)O)cc1C(=O)O. The van der Waals surface area contributed by atoms with Gasteiger partial charge in [0.2, 0.25) is 0 Å². The molecule has 7 aromatic rings. The lowest BCUT2D eigenvalue weighted by Crippen LogP contribution is -2.13. The molecular formula is C48H52N2O4. The van der Waals surface area contributed by atoms with Crippen LogP contribution in [0.4, 0.5) is 0 Å². The van der Waals surface area contributed by atoms with Crippen molar-refractivity contribution in [2.75, 3.05) is 0 Å². The molecule has 0 radical (unpaired) electrons. The predicted molar refractivity (Wildman–Crippen MR) is 224 cm³/mol. The second-order valence-electron chi connectivity index (χ2n) is 19.1. The fourth-order valence-electron chi connectivity index (χ4n) is 7.72. The quantitative estimate of drug-likeness (QED) is 0.190. The fraction of sp³-hybridized carbons (Fsp3) is 0.333. The summed E-state index contributed by atoms with van der Waals surface area (Å²) in [6, 6.07) is 28.8. The molecule has 0 unspecified atom stereocenters. The Morgan fingerprint density at radius 2 is 0.630 bits per heavy atom. The van der Waals surface area contributed by atoms with Crippen LogP contribution >= 0.6 is 0 Å². The van der Waals surface area contributed by atoms with Gasteiger partial charge >= 0.3 is 11.9 Å². The molecule has 0 atom stereocenters. The number of aromatic nitrogens is 2. The molecule has 0 bridgehead atoms.